The molecule has 2 rings (SSSR count). The quantitative estimate of drug-likeness (QED) is 0.883. The van der Waals surface area contributed by atoms with Crippen molar-refractivity contribution in [1.82, 2.24) is 0 Å². The van der Waals surface area contributed by atoms with Crippen molar-refractivity contribution in [3.05, 3.63) is 60.2 Å². The number of rotatable bonds is 3. The molecule has 2 aromatic rings. The highest BCUT2D eigenvalue weighted by molar-refractivity contribution is 8.93. The first-order valence-electron chi connectivity index (χ1n) is 5.20. The van der Waals surface area contributed by atoms with Gasteiger partial charge in [-0.2, -0.15) is 0 Å². The molecular formula is C14H14BrNO. The number of carbonyl (C=O) groups excluding carboxylic acids is 1. The van der Waals surface area contributed by atoms with E-state index in [1.54, 1.807) is 0 Å². The Balaban J connectivity index is 0.00000144. The van der Waals surface area contributed by atoms with Crippen molar-refractivity contribution in [2.45, 2.75) is 0 Å². The number of Topliss-reactive ketones (excluding diaryl/α,β-unsaturated/α-hetero) is 1. The van der Waals surface area contributed by atoms with Crippen molar-refractivity contribution in [3.63, 3.8) is 0 Å². The van der Waals surface area contributed by atoms with Crippen LogP contribution in [0.2, 0.25) is 0 Å². The highest BCUT2D eigenvalue weighted by Gasteiger charge is 2.03. The first-order valence-corrected chi connectivity index (χ1v) is 5.20. The van der Waals surface area contributed by atoms with Gasteiger partial charge < -0.3 is 5.73 Å². The summed E-state index contributed by atoms with van der Waals surface area (Å²) in [5.41, 5.74) is 8.23. The monoisotopic (exact) mass is 291 g/mol. The van der Waals surface area contributed by atoms with Crippen LogP contribution in [0.4, 0.5) is 0 Å². The molecule has 0 spiro atoms. The molecule has 0 aliphatic carbocycles. The first kappa shape index (κ1) is 13.6. The number of ketones is 1. The van der Waals surface area contributed by atoms with Gasteiger partial charge in [-0.15, -0.1) is 17.0 Å². The lowest BCUT2D eigenvalue weighted by molar-refractivity contribution is 0.100. The molecule has 2 aromatic carbocycles. The average Bonchev–Trinajstić information content (AvgIpc) is 2.39. The molecule has 0 aliphatic heterocycles. The van der Waals surface area contributed by atoms with Crippen LogP contribution in [-0.4, -0.2) is 12.3 Å². The summed E-state index contributed by atoms with van der Waals surface area (Å²) in [6.07, 6.45) is 0. The predicted octanol–water partition coefficient (Wildman–Crippen LogP) is 3.07. The van der Waals surface area contributed by atoms with E-state index in [2.05, 4.69) is 0 Å². The number of hydrogen-bond donors (Lipinski definition) is 1. The molecule has 0 heterocycles. The zero-order valence-corrected chi connectivity index (χ0v) is 11.0. The van der Waals surface area contributed by atoms with Crippen LogP contribution in [0.25, 0.3) is 11.1 Å². The summed E-state index contributed by atoms with van der Waals surface area (Å²) in [6, 6.07) is 17.6. The molecular weight excluding hydrogens is 278 g/mol. The second-order valence-corrected chi connectivity index (χ2v) is 3.57. The maximum atomic E-state index is 11.3. The van der Waals surface area contributed by atoms with Gasteiger partial charge in [0.2, 0.25) is 0 Å². The molecule has 0 saturated heterocycles. The molecule has 88 valence electrons. The van der Waals surface area contributed by atoms with Gasteiger partial charge in [0.15, 0.2) is 5.78 Å². The molecule has 2 N–H and O–H groups in total. The van der Waals surface area contributed by atoms with Gasteiger partial charge in [-0.3, -0.25) is 4.79 Å². The molecule has 0 atom stereocenters. The third kappa shape index (κ3) is 3.25. The molecule has 0 aromatic heterocycles. The molecule has 17 heavy (non-hydrogen) atoms. The summed E-state index contributed by atoms with van der Waals surface area (Å²) >= 11 is 0. The van der Waals surface area contributed by atoms with Crippen LogP contribution in [-0.2, 0) is 0 Å². The molecule has 2 nitrogen and oxygen atoms in total. The van der Waals surface area contributed by atoms with Crippen molar-refractivity contribution in [2.75, 3.05) is 6.54 Å². The van der Waals surface area contributed by atoms with Crippen molar-refractivity contribution in [3.8, 4) is 11.1 Å². The zero-order chi connectivity index (χ0) is 11.4. The van der Waals surface area contributed by atoms with Crippen LogP contribution < -0.4 is 5.73 Å². The maximum absolute atomic E-state index is 11.3. The Labute approximate surface area is 111 Å². The van der Waals surface area contributed by atoms with E-state index in [1.807, 2.05) is 54.6 Å². The fourth-order valence-corrected chi connectivity index (χ4v) is 1.60. The van der Waals surface area contributed by atoms with E-state index in [0.29, 0.717) is 5.56 Å². The van der Waals surface area contributed by atoms with Gasteiger partial charge in [-0.1, -0.05) is 54.6 Å². The summed E-state index contributed by atoms with van der Waals surface area (Å²) in [5, 5.41) is 0. The summed E-state index contributed by atoms with van der Waals surface area (Å²) in [7, 11) is 0. The minimum atomic E-state index is -0.0281. The molecule has 3 heteroatoms. The maximum Gasteiger partial charge on any atom is 0.176 e. The number of nitrogens with two attached hydrogens (primary N) is 1. The summed E-state index contributed by atoms with van der Waals surface area (Å²) in [5.74, 6) is -0.0281. The minimum Gasteiger partial charge on any atom is -0.324 e. The third-order valence-electron chi connectivity index (χ3n) is 2.50. The van der Waals surface area contributed by atoms with E-state index < -0.39 is 0 Å². The smallest absolute Gasteiger partial charge is 0.176 e. The van der Waals surface area contributed by atoms with Gasteiger partial charge >= 0.3 is 0 Å². The third-order valence-corrected chi connectivity index (χ3v) is 2.50. The van der Waals surface area contributed by atoms with Gasteiger partial charge in [0.25, 0.3) is 0 Å². The Morgan fingerprint density at radius 1 is 0.882 bits per heavy atom. The van der Waals surface area contributed by atoms with Crippen LogP contribution in [0.1, 0.15) is 10.4 Å². The van der Waals surface area contributed by atoms with Crippen LogP contribution >= 0.6 is 17.0 Å². The molecule has 0 amide bonds. The second-order valence-electron chi connectivity index (χ2n) is 3.57. The van der Waals surface area contributed by atoms with E-state index >= 15 is 0 Å². The normalized spacial score (nSPS) is 9.47. The average molecular weight is 292 g/mol. The fraction of sp³-hybridized carbons (Fsp3) is 0.0714. The van der Waals surface area contributed by atoms with Gasteiger partial charge in [0, 0.05) is 5.56 Å². The van der Waals surface area contributed by atoms with E-state index in [1.165, 1.54) is 0 Å². The van der Waals surface area contributed by atoms with Crippen molar-refractivity contribution >= 4 is 22.8 Å². The first-order chi connectivity index (χ1) is 7.81. The lowest BCUT2D eigenvalue weighted by Gasteiger charge is -2.02. The Kier molecular flexibility index (Phi) is 5.07. The number of hydrogen-bond acceptors (Lipinski definition) is 2. The molecule has 0 aliphatic rings. The number of carbonyl (C=O) groups is 1. The van der Waals surface area contributed by atoms with Gasteiger partial charge in [-0.25, -0.2) is 0 Å². The summed E-state index contributed by atoms with van der Waals surface area (Å²) in [6.45, 7) is 0.0602. The Bertz CT molecular complexity index is 479. The molecule has 0 saturated carbocycles. The van der Waals surface area contributed by atoms with Crippen LogP contribution in [0.3, 0.4) is 0 Å². The molecule has 0 fully saturated rings. The Morgan fingerprint density at radius 2 is 1.41 bits per heavy atom. The van der Waals surface area contributed by atoms with Gasteiger partial charge in [0.05, 0.1) is 6.54 Å². The van der Waals surface area contributed by atoms with Crippen LogP contribution in [0, 0.1) is 0 Å². The van der Waals surface area contributed by atoms with E-state index in [4.69, 9.17) is 5.73 Å². The fourth-order valence-electron chi connectivity index (χ4n) is 1.60. The van der Waals surface area contributed by atoms with E-state index in [0.717, 1.165) is 11.1 Å². The highest BCUT2D eigenvalue weighted by atomic mass is 79.9. The summed E-state index contributed by atoms with van der Waals surface area (Å²) < 4.78 is 0. The Morgan fingerprint density at radius 3 is 1.94 bits per heavy atom. The van der Waals surface area contributed by atoms with E-state index in [-0.39, 0.29) is 29.3 Å². The lowest BCUT2D eigenvalue weighted by Crippen LogP contribution is -2.13. The van der Waals surface area contributed by atoms with Gasteiger partial charge in [-0.05, 0) is 11.1 Å². The number of benzene rings is 2. The lowest BCUT2D eigenvalue weighted by atomic mass is 10.0. The SMILES string of the molecule is Br.NCC(=O)c1ccc(-c2ccccc2)cc1. The van der Waals surface area contributed by atoms with Gasteiger partial charge in [0.1, 0.15) is 0 Å². The molecule has 0 radical (unpaired) electrons. The minimum absolute atomic E-state index is 0. The van der Waals surface area contributed by atoms with Crippen LogP contribution in [0.5, 0.6) is 0 Å². The molecule has 0 bridgehead atoms. The van der Waals surface area contributed by atoms with E-state index in [9.17, 15) is 4.79 Å². The zero-order valence-electron chi connectivity index (χ0n) is 9.30. The number of halogens is 1. The van der Waals surface area contributed by atoms with Crippen molar-refractivity contribution < 1.29 is 4.79 Å². The predicted molar refractivity (Wildman–Crippen MR) is 75.6 cm³/mol. The summed E-state index contributed by atoms with van der Waals surface area (Å²) in [4.78, 5) is 11.3. The van der Waals surface area contributed by atoms with Crippen molar-refractivity contribution in [1.29, 1.82) is 0 Å². The molecule has 0 unspecified atom stereocenters. The largest absolute Gasteiger partial charge is 0.324 e. The standard InChI is InChI=1S/C14H13NO.BrH/c15-10-14(16)13-8-6-12(7-9-13)11-4-2-1-3-5-11;/h1-9H,10,15H2;1H. The second kappa shape index (κ2) is 6.33. The van der Waals surface area contributed by atoms with Crippen molar-refractivity contribution in [2.24, 2.45) is 5.73 Å². The van der Waals surface area contributed by atoms with Crippen LogP contribution in [0.15, 0.2) is 54.6 Å². The topological polar surface area (TPSA) is 43.1 Å². The highest BCUT2D eigenvalue weighted by Crippen LogP contribution is 2.19. The Hall–Kier alpha value is -1.45.